The molecule has 0 aromatic heterocycles. The standard InChI is InChI=1S/C6H12N2O3S/c1-2-8-12(10,11)5-6(9)3-4-7/h3-4,8H,2,5,7H2,1H3/b4-3+. The zero-order valence-corrected chi connectivity index (χ0v) is 7.60. The molecule has 5 nitrogen and oxygen atoms in total. The van der Waals surface area contributed by atoms with Gasteiger partial charge in [0.15, 0.2) is 5.78 Å². The molecule has 3 N–H and O–H groups in total. The summed E-state index contributed by atoms with van der Waals surface area (Å²) in [4.78, 5) is 10.7. The first-order valence-electron chi connectivity index (χ1n) is 3.40. The molecule has 0 unspecified atom stereocenters. The lowest BCUT2D eigenvalue weighted by Crippen LogP contribution is -2.29. The smallest absolute Gasteiger partial charge is 0.219 e. The van der Waals surface area contributed by atoms with Crippen LogP contribution in [0.2, 0.25) is 0 Å². The summed E-state index contributed by atoms with van der Waals surface area (Å²) in [6, 6.07) is 0. The minimum absolute atomic E-state index is 0.280. The van der Waals surface area contributed by atoms with Crippen molar-refractivity contribution in [1.29, 1.82) is 0 Å². The van der Waals surface area contributed by atoms with E-state index in [1.54, 1.807) is 6.92 Å². The third kappa shape index (κ3) is 4.86. The molecule has 0 aliphatic rings. The summed E-state index contributed by atoms with van der Waals surface area (Å²) in [6.07, 6.45) is 2.04. The fourth-order valence-electron chi connectivity index (χ4n) is 0.614. The molecule has 0 spiro atoms. The van der Waals surface area contributed by atoms with E-state index in [9.17, 15) is 13.2 Å². The number of hydrogen-bond donors (Lipinski definition) is 2. The lowest BCUT2D eigenvalue weighted by molar-refractivity contribution is -0.112. The molecule has 0 heterocycles. The van der Waals surface area contributed by atoms with E-state index in [0.29, 0.717) is 0 Å². The summed E-state index contributed by atoms with van der Waals surface area (Å²) < 4.78 is 24.0. The molecule has 70 valence electrons. The van der Waals surface area contributed by atoms with Crippen molar-refractivity contribution in [3.8, 4) is 0 Å². The monoisotopic (exact) mass is 192 g/mol. The molecule has 0 aliphatic carbocycles. The van der Waals surface area contributed by atoms with Crippen LogP contribution < -0.4 is 10.5 Å². The largest absolute Gasteiger partial charge is 0.404 e. The first-order chi connectivity index (χ1) is 5.52. The average Bonchev–Trinajstić information content (AvgIpc) is 1.85. The minimum atomic E-state index is -3.46. The maximum Gasteiger partial charge on any atom is 0.219 e. The van der Waals surface area contributed by atoms with Crippen LogP contribution in [0.15, 0.2) is 12.3 Å². The summed E-state index contributed by atoms with van der Waals surface area (Å²) in [7, 11) is -3.46. The number of hydrogen-bond acceptors (Lipinski definition) is 4. The van der Waals surface area contributed by atoms with E-state index in [-0.39, 0.29) is 6.54 Å². The number of carbonyl (C=O) groups excluding carboxylic acids is 1. The molecule has 0 fully saturated rings. The molecular weight excluding hydrogens is 180 g/mol. The number of nitrogens with one attached hydrogen (secondary N) is 1. The molecule has 6 heteroatoms. The lowest BCUT2D eigenvalue weighted by Gasteiger charge is -1.99. The van der Waals surface area contributed by atoms with Crippen LogP contribution in [0.1, 0.15) is 6.92 Å². The van der Waals surface area contributed by atoms with Gasteiger partial charge in [0.25, 0.3) is 0 Å². The van der Waals surface area contributed by atoms with E-state index in [0.717, 1.165) is 12.3 Å². The predicted molar refractivity (Wildman–Crippen MR) is 45.8 cm³/mol. The number of nitrogens with two attached hydrogens (primary N) is 1. The summed E-state index contributed by atoms with van der Waals surface area (Å²) >= 11 is 0. The average molecular weight is 192 g/mol. The highest BCUT2D eigenvalue weighted by Crippen LogP contribution is 1.86. The van der Waals surface area contributed by atoms with Crippen LogP contribution in [0.3, 0.4) is 0 Å². The molecular formula is C6H12N2O3S. The zero-order chi connectivity index (χ0) is 9.61. The van der Waals surface area contributed by atoms with E-state index in [4.69, 9.17) is 5.73 Å². The summed E-state index contributed by atoms with van der Waals surface area (Å²) in [6.45, 7) is 1.92. The van der Waals surface area contributed by atoms with Crippen molar-refractivity contribution in [3.05, 3.63) is 12.3 Å². The van der Waals surface area contributed by atoms with Gasteiger partial charge in [-0.1, -0.05) is 6.92 Å². The Kier molecular flexibility index (Phi) is 4.53. The Morgan fingerprint density at radius 1 is 1.58 bits per heavy atom. The fourth-order valence-corrected chi connectivity index (χ4v) is 1.63. The van der Waals surface area contributed by atoms with Crippen molar-refractivity contribution >= 4 is 15.8 Å². The van der Waals surface area contributed by atoms with Crippen molar-refractivity contribution < 1.29 is 13.2 Å². The van der Waals surface area contributed by atoms with E-state index < -0.39 is 21.6 Å². The van der Waals surface area contributed by atoms with Crippen LogP contribution in [-0.2, 0) is 14.8 Å². The Balaban J connectivity index is 4.16. The molecule has 0 amide bonds. The second kappa shape index (κ2) is 4.89. The number of sulfonamides is 1. The lowest BCUT2D eigenvalue weighted by atomic mass is 10.4. The minimum Gasteiger partial charge on any atom is -0.404 e. The van der Waals surface area contributed by atoms with Gasteiger partial charge in [-0.15, -0.1) is 0 Å². The van der Waals surface area contributed by atoms with Crippen LogP contribution >= 0.6 is 0 Å². The Morgan fingerprint density at radius 2 is 2.17 bits per heavy atom. The Labute approximate surface area is 71.7 Å². The molecule has 0 aliphatic heterocycles. The summed E-state index contributed by atoms with van der Waals surface area (Å²) in [5.74, 6) is -1.08. The van der Waals surface area contributed by atoms with E-state index >= 15 is 0 Å². The van der Waals surface area contributed by atoms with Gasteiger partial charge in [0.2, 0.25) is 10.0 Å². The van der Waals surface area contributed by atoms with Gasteiger partial charge in [-0.05, 0) is 12.3 Å². The third-order valence-corrected chi connectivity index (χ3v) is 2.37. The van der Waals surface area contributed by atoms with Gasteiger partial charge in [-0.2, -0.15) is 0 Å². The highest BCUT2D eigenvalue weighted by Gasteiger charge is 2.12. The van der Waals surface area contributed by atoms with Gasteiger partial charge in [0.05, 0.1) is 0 Å². The second-order valence-corrected chi connectivity index (χ2v) is 3.89. The second-order valence-electron chi connectivity index (χ2n) is 2.08. The zero-order valence-electron chi connectivity index (χ0n) is 6.78. The first kappa shape index (κ1) is 11.1. The third-order valence-electron chi connectivity index (χ3n) is 0.979. The van der Waals surface area contributed by atoms with E-state index in [1.165, 1.54) is 0 Å². The summed E-state index contributed by atoms with van der Waals surface area (Å²) in [5.41, 5.74) is 4.91. The number of allylic oxidation sites excluding steroid dienone is 1. The highest BCUT2D eigenvalue weighted by molar-refractivity contribution is 7.90. The van der Waals surface area contributed by atoms with Crippen LogP contribution in [0.5, 0.6) is 0 Å². The molecule has 12 heavy (non-hydrogen) atoms. The molecule has 0 saturated carbocycles. The SMILES string of the molecule is CCNS(=O)(=O)CC(=O)/C=C/N. The molecule has 0 rings (SSSR count). The molecule has 0 saturated heterocycles. The predicted octanol–water partition coefficient (Wildman–Crippen LogP) is -1.03. The van der Waals surface area contributed by atoms with Crippen LogP contribution in [0.4, 0.5) is 0 Å². The number of rotatable bonds is 5. The Hall–Kier alpha value is -0.880. The topological polar surface area (TPSA) is 89.3 Å². The van der Waals surface area contributed by atoms with Gasteiger partial charge < -0.3 is 5.73 Å². The highest BCUT2D eigenvalue weighted by atomic mass is 32.2. The van der Waals surface area contributed by atoms with Crippen molar-refractivity contribution in [1.82, 2.24) is 4.72 Å². The maximum absolute atomic E-state index is 10.9. The van der Waals surface area contributed by atoms with Crippen molar-refractivity contribution in [3.63, 3.8) is 0 Å². The van der Waals surface area contributed by atoms with E-state index in [1.807, 2.05) is 0 Å². The normalized spacial score (nSPS) is 12.1. The van der Waals surface area contributed by atoms with Gasteiger partial charge in [-0.25, -0.2) is 13.1 Å². The van der Waals surface area contributed by atoms with Crippen molar-refractivity contribution in [2.75, 3.05) is 12.3 Å². The van der Waals surface area contributed by atoms with Crippen molar-refractivity contribution in [2.45, 2.75) is 6.92 Å². The Bertz CT molecular complexity index is 269. The van der Waals surface area contributed by atoms with Gasteiger partial charge in [-0.3, -0.25) is 4.79 Å². The van der Waals surface area contributed by atoms with Gasteiger partial charge in [0.1, 0.15) is 5.75 Å². The van der Waals surface area contributed by atoms with E-state index in [2.05, 4.69) is 4.72 Å². The molecule has 0 atom stereocenters. The number of carbonyl (C=O) groups is 1. The molecule has 0 aromatic rings. The quantitative estimate of drug-likeness (QED) is 0.545. The first-order valence-corrected chi connectivity index (χ1v) is 5.05. The molecule has 0 bridgehead atoms. The van der Waals surface area contributed by atoms with Crippen LogP contribution in [0, 0.1) is 0 Å². The van der Waals surface area contributed by atoms with Gasteiger partial charge >= 0.3 is 0 Å². The van der Waals surface area contributed by atoms with Crippen molar-refractivity contribution in [2.24, 2.45) is 5.73 Å². The van der Waals surface area contributed by atoms with Gasteiger partial charge in [0, 0.05) is 6.54 Å². The summed E-state index contributed by atoms with van der Waals surface area (Å²) in [5, 5.41) is 0. The van der Waals surface area contributed by atoms with Crippen LogP contribution in [0.25, 0.3) is 0 Å². The maximum atomic E-state index is 10.9. The van der Waals surface area contributed by atoms with Crippen LogP contribution in [-0.4, -0.2) is 26.5 Å². The molecule has 0 radical (unpaired) electrons. The fraction of sp³-hybridized carbons (Fsp3) is 0.500. The number of ketones is 1. The Morgan fingerprint density at radius 3 is 2.58 bits per heavy atom. The molecule has 0 aromatic carbocycles.